The Hall–Kier alpha value is -2.19. The molecule has 7 nitrogen and oxygen atoms in total. The molecular weight excluding hydrogens is 284 g/mol. The maximum Gasteiger partial charge on any atom is 0.346 e. The van der Waals surface area contributed by atoms with Crippen LogP contribution >= 0.6 is 11.3 Å². The van der Waals surface area contributed by atoms with E-state index < -0.39 is 11.9 Å². The summed E-state index contributed by atoms with van der Waals surface area (Å²) < 4.78 is 9.76. The number of carboxylic acids is 1. The van der Waals surface area contributed by atoms with Gasteiger partial charge in [-0.05, 0) is 18.6 Å². The predicted octanol–water partition coefficient (Wildman–Crippen LogP) is 2.14. The van der Waals surface area contributed by atoms with E-state index in [2.05, 4.69) is 10.5 Å². The summed E-state index contributed by atoms with van der Waals surface area (Å²) >= 11 is 0.993. The molecule has 0 saturated carbocycles. The summed E-state index contributed by atoms with van der Waals surface area (Å²) in [7, 11) is 1.50. The van der Waals surface area contributed by atoms with Crippen LogP contribution in [0.3, 0.4) is 0 Å². The average molecular weight is 296 g/mol. The van der Waals surface area contributed by atoms with E-state index in [9.17, 15) is 9.59 Å². The molecule has 0 radical (unpaired) electrons. The number of carboxylic acid groups (broad SMARTS) is 1. The monoisotopic (exact) mass is 296 g/mol. The quantitative estimate of drug-likeness (QED) is 0.876. The third-order valence-corrected chi connectivity index (χ3v) is 3.57. The summed E-state index contributed by atoms with van der Waals surface area (Å²) in [4.78, 5) is 23.0. The molecule has 0 aliphatic carbocycles. The van der Waals surface area contributed by atoms with E-state index in [4.69, 9.17) is 14.4 Å². The van der Waals surface area contributed by atoms with Crippen LogP contribution in [0.2, 0.25) is 0 Å². The smallest absolute Gasteiger partial charge is 0.346 e. The number of aromatic nitrogens is 1. The number of hydrogen-bond acceptors (Lipinski definition) is 6. The summed E-state index contributed by atoms with van der Waals surface area (Å²) in [5.74, 6) is -1.04. The fourth-order valence-electron chi connectivity index (χ4n) is 1.56. The molecule has 0 spiro atoms. The van der Waals surface area contributed by atoms with Crippen molar-refractivity contribution < 1.29 is 24.0 Å². The molecule has 2 N–H and O–H groups in total. The van der Waals surface area contributed by atoms with Crippen molar-refractivity contribution in [3.05, 3.63) is 34.0 Å². The lowest BCUT2D eigenvalue weighted by Crippen LogP contribution is -2.11. The molecule has 1 amide bonds. The number of anilines is 1. The second kappa shape index (κ2) is 5.85. The Morgan fingerprint density at radius 1 is 1.50 bits per heavy atom. The molecule has 2 rings (SSSR count). The van der Waals surface area contributed by atoms with Gasteiger partial charge in [-0.3, -0.25) is 4.79 Å². The molecule has 0 saturated heterocycles. The van der Waals surface area contributed by atoms with Crippen molar-refractivity contribution in [3.63, 3.8) is 0 Å². The first kappa shape index (κ1) is 14.2. The molecular formula is C12H12N2O5S. The highest BCUT2D eigenvalue weighted by atomic mass is 32.1. The maximum atomic E-state index is 11.9. The van der Waals surface area contributed by atoms with E-state index in [1.54, 1.807) is 13.0 Å². The molecule has 0 fully saturated rings. The van der Waals surface area contributed by atoms with Crippen molar-refractivity contribution in [1.29, 1.82) is 0 Å². The number of ether oxygens (including phenoxy) is 1. The number of carbonyl (C=O) groups excluding carboxylic acids is 1. The van der Waals surface area contributed by atoms with Crippen LogP contribution < -0.4 is 5.32 Å². The molecule has 0 aromatic carbocycles. The minimum Gasteiger partial charge on any atom is -0.477 e. The third-order valence-electron chi connectivity index (χ3n) is 2.43. The number of carbonyl (C=O) groups is 2. The van der Waals surface area contributed by atoms with E-state index in [-0.39, 0.29) is 17.2 Å². The predicted molar refractivity (Wildman–Crippen MR) is 71.2 cm³/mol. The lowest BCUT2D eigenvalue weighted by Gasteiger charge is -1.97. The Kier molecular flexibility index (Phi) is 4.16. The van der Waals surface area contributed by atoms with Gasteiger partial charge in [-0.1, -0.05) is 5.16 Å². The molecule has 0 atom stereocenters. The highest BCUT2D eigenvalue weighted by molar-refractivity contribution is 7.18. The Labute approximate surface area is 118 Å². The summed E-state index contributed by atoms with van der Waals surface area (Å²) in [5.41, 5.74) is 0.706. The highest BCUT2D eigenvalue weighted by Crippen LogP contribution is 2.26. The van der Waals surface area contributed by atoms with Crippen LogP contribution in [0.5, 0.6) is 0 Å². The summed E-state index contributed by atoms with van der Waals surface area (Å²) in [5, 5.41) is 15.6. The van der Waals surface area contributed by atoms with E-state index in [0.29, 0.717) is 16.3 Å². The molecule has 106 valence electrons. The Bertz CT molecular complexity index is 646. The lowest BCUT2D eigenvalue weighted by molar-refractivity contribution is 0.0701. The summed E-state index contributed by atoms with van der Waals surface area (Å²) in [6.45, 7) is 1.89. The fraction of sp³-hybridized carbons (Fsp3) is 0.250. The normalized spacial score (nSPS) is 10.5. The number of aromatic carboxylic acids is 1. The molecule has 2 aromatic rings. The van der Waals surface area contributed by atoms with Crippen LogP contribution in [0.4, 0.5) is 5.00 Å². The van der Waals surface area contributed by atoms with Gasteiger partial charge < -0.3 is 19.7 Å². The van der Waals surface area contributed by atoms with Gasteiger partial charge in [0.2, 0.25) is 0 Å². The zero-order valence-electron chi connectivity index (χ0n) is 10.8. The van der Waals surface area contributed by atoms with Gasteiger partial charge in [0.1, 0.15) is 11.5 Å². The van der Waals surface area contributed by atoms with Crippen LogP contribution in [0, 0.1) is 6.92 Å². The molecule has 0 aliphatic rings. The highest BCUT2D eigenvalue weighted by Gasteiger charge is 2.16. The van der Waals surface area contributed by atoms with Gasteiger partial charge in [0.25, 0.3) is 5.91 Å². The Balaban J connectivity index is 2.10. The van der Waals surface area contributed by atoms with Gasteiger partial charge in [0.15, 0.2) is 11.5 Å². The van der Waals surface area contributed by atoms with E-state index in [0.717, 1.165) is 11.3 Å². The number of rotatable bonds is 5. The van der Waals surface area contributed by atoms with Crippen molar-refractivity contribution >= 4 is 28.2 Å². The SMILES string of the molecule is COCc1cc(C(=O)Nc2cc(C)c(C(=O)O)s2)no1. The molecule has 0 bridgehead atoms. The standard InChI is InChI=1S/C12H12N2O5S/c1-6-3-9(20-10(6)12(16)17)13-11(15)8-4-7(5-18-2)19-14-8/h3-4H,5H2,1-2H3,(H,13,15)(H,16,17). The number of hydrogen-bond donors (Lipinski definition) is 2. The topological polar surface area (TPSA) is 102 Å². The number of aryl methyl sites for hydroxylation is 1. The minimum atomic E-state index is -1.02. The zero-order valence-corrected chi connectivity index (χ0v) is 11.6. The number of nitrogens with zero attached hydrogens (tertiary/aromatic N) is 1. The molecule has 2 heterocycles. The zero-order chi connectivity index (χ0) is 14.7. The number of nitrogens with one attached hydrogen (secondary N) is 1. The Morgan fingerprint density at radius 2 is 2.25 bits per heavy atom. The largest absolute Gasteiger partial charge is 0.477 e. The third kappa shape index (κ3) is 3.03. The van der Waals surface area contributed by atoms with Gasteiger partial charge in [-0.25, -0.2) is 4.79 Å². The van der Waals surface area contributed by atoms with E-state index in [1.165, 1.54) is 13.2 Å². The van der Waals surface area contributed by atoms with Crippen molar-refractivity contribution in [2.45, 2.75) is 13.5 Å². The van der Waals surface area contributed by atoms with E-state index >= 15 is 0 Å². The first-order valence-corrected chi connectivity index (χ1v) is 6.42. The second-order valence-electron chi connectivity index (χ2n) is 3.99. The lowest BCUT2D eigenvalue weighted by atomic mass is 10.3. The summed E-state index contributed by atoms with van der Waals surface area (Å²) in [6.07, 6.45) is 0. The van der Waals surface area contributed by atoms with Gasteiger partial charge in [0.05, 0.1) is 5.00 Å². The number of methoxy groups -OCH3 is 1. The van der Waals surface area contributed by atoms with Crippen LogP contribution in [0.25, 0.3) is 0 Å². The van der Waals surface area contributed by atoms with Crippen molar-refractivity contribution in [3.8, 4) is 0 Å². The molecule has 20 heavy (non-hydrogen) atoms. The molecule has 0 unspecified atom stereocenters. The molecule has 0 aliphatic heterocycles. The minimum absolute atomic E-state index is 0.111. The van der Waals surface area contributed by atoms with Crippen LogP contribution in [0.1, 0.15) is 31.5 Å². The summed E-state index contributed by atoms with van der Waals surface area (Å²) in [6, 6.07) is 3.07. The number of thiophene rings is 1. The number of amides is 1. The van der Waals surface area contributed by atoms with Crippen molar-refractivity contribution in [1.82, 2.24) is 5.16 Å². The molecule has 2 aromatic heterocycles. The fourth-order valence-corrected chi connectivity index (χ4v) is 2.47. The van der Waals surface area contributed by atoms with Crippen LogP contribution in [0.15, 0.2) is 16.7 Å². The first-order valence-electron chi connectivity index (χ1n) is 5.61. The van der Waals surface area contributed by atoms with E-state index in [1.807, 2.05) is 0 Å². The van der Waals surface area contributed by atoms with Gasteiger partial charge in [0, 0.05) is 13.2 Å². The van der Waals surface area contributed by atoms with Crippen molar-refractivity contribution in [2.24, 2.45) is 0 Å². The average Bonchev–Trinajstić information content (AvgIpc) is 2.97. The van der Waals surface area contributed by atoms with Gasteiger partial charge in [-0.2, -0.15) is 0 Å². The van der Waals surface area contributed by atoms with Gasteiger partial charge >= 0.3 is 5.97 Å². The Morgan fingerprint density at radius 3 is 2.85 bits per heavy atom. The van der Waals surface area contributed by atoms with Crippen LogP contribution in [-0.2, 0) is 11.3 Å². The van der Waals surface area contributed by atoms with Crippen molar-refractivity contribution in [2.75, 3.05) is 12.4 Å². The second-order valence-corrected chi connectivity index (χ2v) is 5.05. The van der Waals surface area contributed by atoms with Gasteiger partial charge in [-0.15, -0.1) is 11.3 Å². The molecule has 8 heteroatoms. The first-order chi connectivity index (χ1) is 9.51. The van der Waals surface area contributed by atoms with Crippen LogP contribution in [-0.4, -0.2) is 29.2 Å². The maximum absolute atomic E-state index is 11.9.